The maximum absolute atomic E-state index is 11.9. The van der Waals surface area contributed by atoms with Crippen molar-refractivity contribution in [3.05, 3.63) is 47.0 Å². The number of aryl methyl sites for hydroxylation is 1. The maximum Gasteiger partial charge on any atom is 0.267 e. The number of halogens is 1. The van der Waals surface area contributed by atoms with Gasteiger partial charge < -0.3 is 0 Å². The van der Waals surface area contributed by atoms with Crippen molar-refractivity contribution in [1.29, 1.82) is 0 Å². The lowest BCUT2D eigenvalue weighted by molar-refractivity contribution is 0.0981. The predicted molar refractivity (Wildman–Crippen MR) is 72.5 cm³/mol. The fraction of sp³-hybridized carbons (Fsp3) is 0.182. The van der Waals surface area contributed by atoms with Crippen LogP contribution in [0.15, 0.2) is 30.7 Å². The highest BCUT2D eigenvalue weighted by atomic mass is 35.5. The van der Waals surface area contributed by atoms with E-state index in [9.17, 15) is 13.2 Å². The van der Waals surface area contributed by atoms with Gasteiger partial charge in [0.25, 0.3) is 5.91 Å². The molecule has 2 aromatic heterocycles. The lowest BCUT2D eigenvalue weighted by Gasteiger charge is -2.05. The van der Waals surface area contributed by atoms with Crippen LogP contribution in [0.4, 0.5) is 0 Å². The SMILES string of the molecule is Cn1cc(C(=O)NS(=O)(=O)Cc2ccc(Cl)nc2)cn1. The van der Waals surface area contributed by atoms with E-state index in [4.69, 9.17) is 11.6 Å². The van der Waals surface area contributed by atoms with Crippen molar-refractivity contribution in [2.75, 3.05) is 0 Å². The topological polar surface area (TPSA) is 94.0 Å². The van der Waals surface area contributed by atoms with E-state index in [1.807, 2.05) is 4.72 Å². The van der Waals surface area contributed by atoms with Crippen LogP contribution in [0.1, 0.15) is 15.9 Å². The summed E-state index contributed by atoms with van der Waals surface area (Å²) in [5, 5.41) is 4.07. The molecular weight excluding hydrogens is 304 g/mol. The zero-order valence-electron chi connectivity index (χ0n) is 10.4. The number of pyridine rings is 1. The average molecular weight is 315 g/mol. The van der Waals surface area contributed by atoms with Gasteiger partial charge in [-0.25, -0.2) is 18.1 Å². The molecule has 2 aromatic rings. The Bertz CT molecular complexity index is 724. The summed E-state index contributed by atoms with van der Waals surface area (Å²) in [5.74, 6) is -1.08. The first kappa shape index (κ1) is 14.5. The number of hydrogen-bond donors (Lipinski definition) is 1. The minimum atomic E-state index is -3.81. The van der Waals surface area contributed by atoms with Gasteiger partial charge in [0.2, 0.25) is 10.0 Å². The molecule has 9 heteroatoms. The predicted octanol–water partition coefficient (Wildman–Crippen LogP) is 0.728. The number of carbonyl (C=O) groups excluding carboxylic acids is 1. The summed E-state index contributed by atoms with van der Waals surface area (Å²) in [5.41, 5.74) is 0.603. The molecule has 0 saturated heterocycles. The molecule has 0 aliphatic rings. The van der Waals surface area contributed by atoms with Gasteiger partial charge in [0.15, 0.2) is 0 Å². The fourth-order valence-corrected chi connectivity index (χ4v) is 2.68. The molecule has 2 heterocycles. The number of amides is 1. The Morgan fingerprint density at radius 3 is 2.70 bits per heavy atom. The van der Waals surface area contributed by atoms with Gasteiger partial charge in [0, 0.05) is 19.4 Å². The van der Waals surface area contributed by atoms with Crippen molar-refractivity contribution in [2.45, 2.75) is 5.75 Å². The number of carbonyl (C=O) groups is 1. The van der Waals surface area contributed by atoms with E-state index in [1.165, 1.54) is 35.4 Å². The molecule has 20 heavy (non-hydrogen) atoms. The zero-order chi connectivity index (χ0) is 14.8. The van der Waals surface area contributed by atoms with Gasteiger partial charge in [0.1, 0.15) is 5.15 Å². The summed E-state index contributed by atoms with van der Waals surface area (Å²) in [6.07, 6.45) is 4.06. The molecule has 0 fully saturated rings. The van der Waals surface area contributed by atoms with Crippen LogP contribution in [0.25, 0.3) is 0 Å². The number of rotatable bonds is 4. The van der Waals surface area contributed by atoms with E-state index in [1.54, 1.807) is 7.05 Å². The molecule has 0 aliphatic carbocycles. The number of nitrogens with zero attached hydrogens (tertiary/aromatic N) is 3. The number of hydrogen-bond acceptors (Lipinski definition) is 5. The number of aromatic nitrogens is 3. The summed E-state index contributed by atoms with van der Waals surface area (Å²) >= 11 is 5.61. The van der Waals surface area contributed by atoms with Crippen LogP contribution in [0.3, 0.4) is 0 Å². The van der Waals surface area contributed by atoms with Gasteiger partial charge in [-0.3, -0.25) is 9.48 Å². The van der Waals surface area contributed by atoms with E-state index in [-0.39, 0.29) is 16.5 Å². The van der Waals surface area contributed by atoms with Crippen molar-refractivity contribution in [2.24, 2.45) is 7.05 Å². The third-order valence-corrected chi connectivity index (χ3v) is 3.79. The number of nitrogens with one attached hydrogen (secondary N) is 1. The van der Waals surface area contributed by atoms with Crippen LogP contribution in [-0.4, -0.2) is 29.1 Å². The van der Waals surface area contributed by atoms with Gasteiger partial charge in [-0.15, -0.1) is 0 Å². The van der Waals surface area contributed by atoms with Gasteiger partial charge in [0.05, 0.1) is 17.5 Å². The molecule has 2 rings (SSSR count). The Morgan fingerprint density at radius 1 is 1.40 bits per heavy atom. The summed E-state index contributed by atoms with van der Waals surface area (Å²) < 4.78 is 27.1. The minimum Gasteiger partial charge on any atom is -0.275 e. The Morgan fingerprint density at radius 2 is 2.15 bits per heavy atom. The first-order valence-electron chi connectivity index (χ1n) is 5.49. The van der Waals surface area contributed by atoms with E-state index >= 15 is 0 Å². The molecule has 0 radical (unpaired) electrons. The lowest BCUT2D eigenvalue weighted by atomic mass is 10.3. The Hall–Kier alpha value is -1.93. The van der Waals surface area contributed by atoms with Crippen LogP contribution < -0.4 is 4.72 Å². The molecule has 0 atom stereocenters. The minimum absolute atomic E-state index is 0.172. The van der Waals surface area contributed by atoms with Crippen LogP contribution in [0.2, 0.25) is 5.15 Å². The summed E-state index contributed by atoms with van der Waals surface area (Å²) in [6, 6.07) is 3.01. The monoisotopic (exact) mass is 314 g/mol. The van der Waals surface area contributed by atoms with Crippen molar-refractivity contribution < 1.29 is 13.2 Å². The molecule has 0 aliphatic heterocycles. The normalized spacial score (nSPS) is 11.3. The second-order valence-electron chi connectivity index (χ2n) is 4.08. The van der Waals surface area contributed by atoms with E-state index in [0.717, 1.165) is 0 Å². The molecule has 0 saturated carbocycles. The Kier molecular flexibility index (Phi) is 4.05. The maximum atomic E-state index is 11.9. The molecule has 0 aromatic carbocycles. The van der Waals surface area contributed by atoms with E-state index < -0.39 is 15.9 Å². The lowest BCUT2D eigenvalue weighted by Crippen LogP contribution is -2.31. The second-order valence-corrected chi connectivity index (χ2v) is 6.19. The van der Waals surface area contributed by atoms with Gasteiger partial charge >= 0.3 is 0 Å². The molecule has 0 spiro atoms. The molecule has 106 valence electrons. The molecule has 1 N–H and O–H groups in total. The van der Waals surface area contributed by atoms with Gasteiger partial charge in [-0.2, -0.15) is 5.10 Å². The van der Waals surface area contributed by atoms with Crippen molar-refractivity contribution in [3.8, 4) is 0 Å². The Labute approximate surface area is 120 Å². The first-order valence-corrected chi connectivity index (χ1v) is 7.53. The largest absolute Gasteiger partial charge is 0.275 e. The summed E-state index contributed by atoms with van der Waals surface area (Å²) in [7, 11) is -2.18. The van der Waals surface area contributed by atoms with Crippen molar-refractivity contribution in [3.63, 3.8) is 0 Å². The molecule has 7 nitrogen and oxygen atoms in total. The smallest absolute Gasteiger partial charge is 0.267 e. The third kappa shape index (κ3) is 3.78. The fourth-order valence-electron chi connectivity index (χ4n) is 1.49. The highest BCUT2D eigenvalue weighted by Crippen LogP contribution is 2.08. The first-order chi connectivity index (χ1) is 9.35. The average Bonchev–Trinajstić information content (AvgIpc) is 2.78. The highest BCUT2D eigenvalue weighted by Gasteiger charge is 2.18. The third-order valence-electron chi connectivity index (χ3n) is 2.36. The van der Waals surface area contributed by atoms with Crippen LogP contribution >= 0.6 is 11.6 Å². The van der Waals surface area contributed by atoms with Crippen LogP contribution in [0, 0.1) is 0 Å². The zero-order valence-corrected chi connectivity index (χ0v) is 12.0. The van der Waals surface area contributed by atoms with Crippen molar-refractivity contribution in [1.82, 2.24) is 19.5 Å². The van der Waals surface area contributed by atoms with Gasteiger partial charge in [-0.1, -0.05) is 17.7 Å². The van der Waals surface area contributed by atoms with Crippen molar-refractivity contribution >= 4 is 27.5 Å². The number of sulfonamides is 1. The van der Waals surface area contributed by atoms with E-state index in [0.29, 0.717) is 5.56 Å². The summed E-state index contributed by atoms with van der Waals surface area (Å²) in [4.78, 5) is 15.5. The standard InChI is InChI=1S/C11H11ClN4O3S/c1-16-6-9(5-14-16)11(17)15-20(18,19)7-8-2-3-10(12)13-4-8/h2-6H,7H2,1H3,(H,15,17). The molecule has 0 bridgehead atoms. The van der Waals surface area contributed by atoms with Crippen LogP contribution in [0.5, 0.6) is 0 Å². The quantitative estimate of drug-likeness (QED) is 0.840. The second kappa shape index (κ2) is 5.59. The Balaban J connectivity index is 2.07. The summed E-state index contributed by atoms with van der Waals surface area (Å²) in [6.45, 7) is 0. The highest BCUT2D eigenvalue weighted by molar-refractivity contribution is 7.89. The molecule has 1 amide bonds. The molecular formula is C11H11ClN4O3S. The van der Waals surface area contributed by atoms with E-state index in [2.05, 4.69) is 10.1 Å². The van der Waals surface area contributed by atoms with Gasteiger partial charge in [-0.05, 0) is 11.6 Å². The molecule has 0 unspecified atom stereocenters. The van der Waals surface area contributed by atoms with Crippen LogP contribution in [-0.2, 0) is 22.8 Å².